The number of fused-ring (bicyclic) bond motifs is 2. The van der Waals surface area contributed by atoms with E-state index in [0.717, 1.165) is 30.9 Å². The predicted octanol–water partition coefficient (Wildman–Crippen LogP) is 1.96. The number of ether oxygens (including phenoxy) is 2. The smallest absolute Gasteiger partial charge is 0.325 e. The number of rotatable bonds is 3. The van der Waals surface area contributed by atoms with Crippen LogP contribution < -0.4 is 14.8 Å². The minimum atomic E-state index is -0.415. The largest absolute Gasteiger partial charge is 0.492 e. The highest BCUT2D eigenvalue weighted by Crippen LogP contribution is 2.58. The number of carbonyl (C=O) groups excluding carboxylic acids is 2. The van der Waals surface area contributed by atoms with Gasteiger partial charge in [-0.2, -0.15) is 0 Å². The average Bonchev–Trinajstić information content (AvgIpc) is 3.14. The lowest BCUT2D eigenvalue weighted by atomic mass is 9.87. The first-order valence-electron chi connectivity index (χ1n) is 8.64. The van der Waals surface area contributed by atoms with E-state index >= 15 is 0 Å². The van der Waals surface area contributed by atoms with Crippen molar-refractivity contribution < 1.29 is 19.1 Å². The molecule has 24 heavy (non-hydrogen) atoms. The van der Waals surface area contributed by atoms with Crippen molar-refractivity contribution in [2.45, 2.75) is 56.2 Å². The molecule has 2 aliphatic heterocycles. The first-order valence-corrected chi connectivity index (χ1v) is 8.64. The summed E-state index contributed by atoms with van der Waals surface area (Å²) in [6, 6.07) is 5.24. The molecule has 0 bridgehead atoms. The van der Waals surface area contributed by atoms with Gasteiger partial charge in [0, 0.05) is 29.9 Å². The van der Waals surface area contributed by atoms with E-state index in [9.17, 15) is 9.59 Å². The molecule has 2 heterocycles. The van der Waals surface area contributed by atoms with Gasteiger partial charge in [0.2, 0.25) is 0 Å². The second-order valence-electron chi connectivity index (χ2n) is 7.44. The highest BCUT2D eigenvalue weighted by molar-refractivity contribution is 6.04. The quantitative estimate of drug-likeness (QED) is 0.861. The molecule has 2 saturated carbocycles. The summed E-state index contributed by atoms with van der Waals surface area (Å²) in [6.07, 6.45) is 3.77. The fourth-order valence-electron chi connectivity index (χ4n) is 4.08. The lowest BCUT2D eigenvalue weighted by Gasteiger charge is -2.39. The first-order chi connectivity index (χ1) is 11.6. The van der Waals surface area contributed by atoms with E-state index < -0.39 is 6.04 Å². The Morgan fingerprint density at radius 1 is 1.29 bits per heavy atom. The number of hydrogen-bond donors (Lipinski definition) is 1. The summed E-state index contributed by atoms with van der Waals surface area (Å²) in [7, 11) is 0. The summed E-state index contributed by atoms with van der Waals surface area (Å²) in [5.41, 5.74) is 1.40. The number of benzene rings is 1. The molecule has 1 aromatic rings. The minimum absolute atomic E-state index is 0.0460. The van der Waals surface area contributed by atoms with E-state index in [1.807, 2.05) is 18.2 Å². The van der Waals surface area contributed by atoms with E-state index in [1.54, 1.807) is 6.92 Å². The van der Waals surface area contributed by atoms with Crippen molar-refractivity contribution in [1.29, 1.82) is 0 Å². The normalized spacial score (nSPS) is 32.2. The maximum Gasteiger partial charge on any atom is 0.325 e. The molecule has 0 radical (unpaired) electrons. The highest BCUT2D eigenvalue weighted by Gasteiger charge is 2.53. The molecular formula is C18H20N2O4. The number of nitrogens with one attached hydrogen (secondary N) is 1. The number of urea groups is 1. The van der Waals surface area contributed by atoms with Crippen molar-refractivity contribution in [2.75, 3.05) is 6.61 Å². The van der Waals surface area contributed by atoms with Gasteiger partial charge in [0.15, 0.2) is 0 Å². The Morgan fingerprint density at radius 2 is 2.08 bits per heavy atom. The molecule has 1 N–H and O–H groups in total. The van der Waals surface area contributed by atoms with E-state index in [-0.39, 0.29) is 29.5 Å². The third kappa shape index (κ3) is 1.88. The van der Waals surface area contributed by atoms with Gasteiger partial charge in [-0.3, -0.25) is 9.69 Å². The molecule has 6 nitrogen and oxygen atoms in total. The predicted molar refractivity (Wildman–Crippen MR) is 85.1 cm³/mol. The second-order valence-corrected chi connectivity index (χ2v) is 7.44. The molecule has 1 aromatic carbocycles. The Bertz CT molecular complexity index is 737. The van der Waals surface area contributed by atoms with Crippen LogP contribution in [0.5, 0.6) is 11.5 Å². The van der Waals surface area contributed by atoms with Gasteiger partial charge in [-0.15, -0.1) is 0 Å². The van der Waals surface area contributed by atoms with Crippen LogP contribution in [0.15, 0.2) is 18.2 Å². The SMILES string of the molecule is C[C@H]1NC(=O)N(C2CC(Oc3cccc4c3C3(CC3)CO4)C2)C1=O. The molecule has 1 spiro atoms. The standard InChI is InChI=1S/C18H20N2O4/c1-10-16(21)20(17(22)19-10)11-7-12(8-11)24-14-4-2-3-13-15(14)18(5-6-18)9-23-13/h2-4,10-12H,5-9H2,1H3,(H,19,22)/t10-,11?,12?/m1/s1. The number of carbonyl (C=O) groups is 2. The Morgan fingerprint density at radius 3 is 2.75 bits per heavy atom. The molecule has 5 rings (SSSR count). The Balaban J connectivity index is 1.29. The number of nitrogens with zero attached hydrogens (tertiary/aromatic N) is 1. The van der Waals surface area contributed by atoms with E-state index in [2.05, 4.69) is 5.32 Å². The third-order valence-corrected chi connectivity index (χ3v) is 5.77. The van der Waals surface area contributed by atoms with Crippen molar-refractivity contribution in [3.63, 3.8) is 0 Å². The number of hydrogen-bond acceptors (Lipinski definition) is 4. The zero-order valence-electron chi connectivity index (χ0n) is 13.6. The van der Waals surface area contributed by atoms with Gasteiger partial charge < -0.3 is 14.8 Å². The molecule has 0 aromatic heterocycles. The van der Waals surface area contributed by atoms with Crippen LogP contribution in [-0.2, 0) is 10.2 Å². The van der Waals surface area contributed by atoms with E-state index in [4.69, 9.17) is 9.47 Å². The van der Waals surface area contributed by atoms with E-state index in [0.29, 0.717) is 12.8 Å². The Hall–Kier alpha value is -2.24. The van der Waals surface area contributed by atoms with Crippen molar-refractivity contribution in [3.8, 4) is 11.5 Å². The molecule has 0 unspecified atom stereocenters. The van der Waals surface area contributed by atoms with Gasteiger partial charge in [0.05, 0.1) is 6.61 Å². The molecule has 6 heteroatoms. The van der Waals surface area contributed by atoms with Crippen molar-refractivity contribution in [2.24, 2.45) is 0 Å². The van der Waals surface area contributed by atoms with Gasteiger partial charge in [-0.1, -0.05) is 6.07 Å². The minimum Gasteiger partial charge on any atom is -0.492 e. The first kappa shape index (κ1) is 14.1. The Kier molecular flexibility index (Phi) is 2.74. The summed E-state index contributed by atoms with van der Waals surface area (Å²) < 4.78 is 12.0. The summed E-state index contributed by atoms with van der Waals surface area (Å²) in [5, 5.41) is 2.66. The third-order valence-electron chi connectivity index (χ3n) is 5.77. The van der Waals surface area contributed by atoms with Crippen molar-refractivity contribution in [3.05, 3.63) is 23.8 Å². The molecular weight excluding hydrogens is 308 g/mol. The van der Waals surface area contributed by atoms with Crippen LogP contribution in [0.2, 0.25) is 0 Å². The van der Waals surface area contributed by atoms with E-state index in [1.165, 1.54) is 10.5 Å². The molecule has 3 fully saturated rings. The maximum absolute atomic E-state index is 12.0. The molecule has 3 amide bonds. The van der Waals surface area contributed by atoms with Crippen LogP contribution in [0, 0.1) is 0 Å². The summed E-state index contributed by atoms with van der Waals surface area (Å²) in [6.45, 7) is 2.48. The van der Waals surface area contributed by atoms with Crippen molar-refractivity contribution in [1.82, 2.24) is 10.2 Å². The second kappa shape index (κ2) is 4.65. The molecule has 4 aliphatic rings. The molecule has 126 valence electrons. The van der Waals surface area contributed by atoms with Gasteiger partial charge in [0.1, 0.15) is 23.6 Å². The number of imide groups is 1. The maximum atomic E-state index is 12.0. The van der Waals surface area contributed by atoms with Crippen LogP contribution in [0.4, 0.5) is 4.79 Å². The average molecular weight is 328 g/mol. The van der Waals surface area contributed by atoms with Crippen molar-refractivity contribution >= 4 is 11.9 Å². The lowest BCUT2D eigenvalue weighted by Crippen LogP contribution is -2.52. The Labute approximate surface area is 140 Å². The highest BCUT2D eigenvalue weighted by atomic mass is 16.5. The zero-order valence-corrected chi connectivity index (χ0v) is 13.6. The lowest BCUT2D eigenvalue weighted by molar-refractivity contribution is -0.131. The van der Waals surface area contributed by atoms with Crippen LogP contribution in [0.25, 0.3) is 0 Å². The van der Waals surface area contributed by atoms with Crippen LogP contribution in [0.1, 0.15) is 38.2 Å². The van der Waals surface area contributed by atoms with Crippen LogP contribution >= 0.6 is 0 Å². The molecule has 1 saturated heterocycles. The fraction of sp³-hybridized carbons (Fsp3) is 0.556. The summed E-state index contributed by atoms with van der Waals surface area (Å²) in [4.78, 5) is 25.3. The zero-order chi connectivity index (χ0) is 16.5. The van der Waals surface area contributed by atoms with Gasteiger partial charge in [0.25, 0.3) is 5.91 Å². The fourth-order valence-corrected chi connectivity index (χ4v) is 4.08. The molecule has 2 aliphatic carbocycles. The van der Waals surface area contributed by atoms with Crippen LogP contribution in [-0.4, -0.2) is 41.6 Å². The van der Waals surface area contributed by atoms with Gasteiger partial charge in [-0.25, -0.2) is 4.79 Å². The van der Waals surface area contributed by atoms with Crippen LogP contribution in [0.3, 0.4) is 0 Å². The topological polar surface area (TPSA) is 67.9 Å². The monoisotopic (exact) mass is 328 g/mol. The summed E-state index contributed by atoms with van der Waals surface area (Å²) >= 11 is 0. The summed E-state index contributed by atoms with van der Waals surface area (Å²) in [5.74, 6) is 1.73. The van der Waals surface area contributed by atoms with Gasteiger partial charge in [-0.05, 0) is 31.9 Å². The van der Waals surface area contributed by atoms with Gasteiger partial charge >= 0.3 is 6.03 Å². The molecule has 1 atom stereocenters. The number of amides is 3.